The number of aromatic nitrogens is 3. The van der Waals surface area contributed by atoms with Gasteiger partial charge in [0.2, 0.25) is 5.88 Å². The zero-order valence-corrected chi connectivity index (χ0v) is 22.7. The summed E-state index contributed by atoms with van der Waals surface area (Å²) in [4.78, 5) is 6.94. The third kappa shape index (κ3) is 4.91. The number of benzene rings is 1. The third-order valence-corrected chi connectivity index (χ3v) is 9.14. The summed E-state index contributed by atoms with van der Waals surface area (Å²) in [5, 5.41) is 5.03. The molecule has 0 atom stereocenters. The van der Waals surface area contributed by atoms with E-state index in [0.717, 1.165) is 41.6 Å². The Balaban J connectivity index is 1.49. The van der Waals surface area contributed by atoms with Gasteiger partial charge in [0.25, 0.3) is 0 Å². The average Bonchev–Trinajstić information content (AvgIpc) is 3.51. The van der Waals surface area contributed by atoms with Crippen LogP contribution in [0.3, 0.4) is 0 Å². The quantitative estimate of drug-likeness (QED) is 0.167. The number of ether oxygens (including phenoxy) is 3. The van der Waals surface area contributed by atoms with Crippen molar-refractivity contribution in [2.45, 2.75) is 38.8 Å². The molecule has 8 heteroatoms. The SMILES string of the molecule is COc1ccc(-c2nn(COCC[Si](C)(C)C)c3c2Cc2sc(-c4ccc(OC)nc4)cc2-3)cc1. The van der Waals surface area contributed by atoms with E-state index < -0.39 is 8.07 Å². The highest BCUT2D eigenvalue weighted by Gasteiger charge is 2.30. The van der Waals surface area contributed by atoms with Crippen LogP contribution >= 0.6 is 11.3 Å². The number of fused-ring (bicyclic) bond motifs is 3. The Kier molecular flexibility index (Phi) is 6.52. The van der Waals surface area contributed by atoms with E-state index in [1.54, 1.807) is 14.2 Å². The molecule has 0 unspecified atom stereocenters. The van der Waals surface area contributed by atoms with Crippen LogP contribution in [0.2, 0.25) is 25.7 Å². The van der Waals surface area contributed by atoms with E-state index in [0.29, 0.717) is 12.6 Å². The van der Waals surface area contributed by atoms with Crippen molar-refractivity contribution in [3.63, 3.8) is 0 Å². The molecule has 4 aromatic rings. The van der Waals surface area contributed by atoms with E-state index in [9.17, 15) is 0 Å². The molecule has 3 aromatic heterocycles. The smallest absolute Gasteiger partial charge is 0.212 e. The van der Waals surface area contributed by atoms with Gasteiger partial charge in [-0.25, -0.2) is 9.67 Å². The molecule has 0 aliphatic heterocycles. The molecule has 0 bridgehead atoms. The summed E-state index contributed by atoms with van der Waals surface area (Å²) in [7, 11) is 2.17. The van der Waals surface area contributed by atoms with Gasteiger partial charge in [0, 0.05) is 65.4 Å². The Morgan fingerprint density at radius 3 is 2.43 bits per heavy atom. The first-order chi connectivity index (χ1) is 16.9. The molecule has 0 saturated heterocycles. The minimum absolute atomic E-state index is 0.456. The summed E-state index contributed by atoms with van der Waals surface area (Å²) in [5.41, 5.74) is 6.90. The van der Waals surface area contributed by atoms with E-state index >= 15 is 0 Å². The zero-order valence-electron chi connectivity index (χ0n) is 20.9. The van der Waals surface area contributed by atoms with Crippen molar-refractivity contribution in [3.05, 3.63) is 59.1 Å². The van der Waals surface area contributed by atoms with Crippen LogP contribution in [-0.4, -0.2) is 43.7 Å². The summed E-state index contributed by atoms with van der Waals surface area (Å²) in [6.45, 7) is 8.34. The lowest BCUT2D eigenvalue weighted by Gasteiger charge is -2.15. The fourth-order valence-electron chi connectivity index (χ4n) is 4.28. The van der Waals surface area contributed by atoms with Gasteiger partial charge >= 0.3 is 0 Å². The van der Waals surface area contributed by atoms with Gasteiger partial charge in [-0.05, 0) is 42.4 Å². The second-order valence-electron chi connectivity index (χ2n) is 9.97. The maximum absolute atomic E-state index is 6.13. The summed E-state index contributed by atoms with van der Waals surface area (Å²) < 4.78 is 18.7. The first-order valence-corrected chi connectivity index (χ1v) is 16.3. The predicted molar refractivity (Wildman–Crippen MR) is 144 cm³/mol. The molecule has 3 heterocycles. The van der Waals surface area contributed by atoms with Gasteiger partial charge in [-0.2, -0.15) is 5.10 Å². The first kappa shape index (κ1) is 23.8. The Hall–Kier alpha value is -2.94. The molecule has 1 aliphatic rings. The fourth-order valence-corrected chi connectivity index (χ4v) is 6.20. The maximum Gasteiger partial charge on any atom is 0.212 e. The number of thiophene rings is 1. The van der Waals surface area contributed by atoms with Gasteiger partial charge < -0.3 is 14.2 Å². The summed E-state index contributed by atoms with van der Waals surface area (Å²) in [6, 6.07) is 15.5. The molecular weight excluding hydrogens is 474 g/mol. The normalized spacial score (nSPS) is 12.5. The number of hydrogen-bond acceptors (Lipinski definition) is 6. The van der Waals surface area contributed by atoms with Crippen LogP contribution in [0.15, 0.2) is 48.7 Å². The van der Waals surface area contributed by atoms with Gasteiger partial charge in [0.15, 0.2) is 0 Å². The van der Waals surface area contributed by atoms with Crippen molar-refractivity contribution in [3.8, 4) is 44.6 Å². The molecule has 0 saturated carbocycles. The molecule has 0 radical (unpaired) electrons. The largest absolute Gasteiger partial charge is 0.497 e. The van der Waals surface area contributed by atoms with Crippen LogP contribution < -0.4 is 9.47 Å². The van der Waals surface area contributed by atoms with Crippen LogP contribution in [-0.2, 0) is 17.9 Å². The summed E-state index contributed by atoms with van der Waals surface area (Å²) in [6.07, 6.45) is 2.75. The highest BCUT2D eigenvalue weighted by Crippen LogP contribution is 2.47. The molecule has 0 amide bonds. The highest BCUT2D eigenvalue weighted by atomic mass is 32.1. The van der Waals surface area contributed by atoms with Crippen molar-refractivity contribution in [2.75, 3.05) is 20.8 Å². The Morgan fingerprint density at radius 1 is 1.00 bits per heavy atom. The van der Waals surface area contributed by atoms with Gasteiger partial charge in [-0.15, -0.1) is 11.3 Å². The average molecular weight is 506 g/mol. The molecule has 0 fully saturated rings. The summed E-state index contributed by atoms with van der Waals surface area (Å²) in [5.74, 6) is 1.47. The molecule has 5 rings (SSSR count). The number of rotatable bonds is 9. The molecular formula is C27H31N3O3SSi. The van der Waals surface area contributed by atoms with Gasteiger partial charge in [0.05, 0.1) is 25.6 Å². The Morgan fingerprint density at radius 2 is 1.77 bits per heavy atom. The topological polar surface area (TPSA) is 58.4 Å². The summed E-state index contributed by atoms with van der Waals surface area (Å²) >= 11 is 1.82. The lowest BCUT2D eigenvalue weighted by Crippen LogP contribution is -2.22. The molecule has 1 aromatic carbocycles. The Bertz CT molecular complexity index is 1320. The van der Waals surface area contributed by atoms with Crippen molar-refractivity contribution in [2.24, 2.45) is 0 Å². The molecule has 0 spiro atoms. The van der Waals surface area contributed by atoms with Crippen molar-refractivity contribution < 1.29 is 14.2 Å². The van der Waals surface area contributed by atoms with E-state index in [2.05, 4.69) is 48.9 Å². The lowest BCUT2D eigenvalue weighted by molar-refractivity contribution is 0.0799. The molecule has 1 aliphatic carbocycles. The third-order valence-electron chi connectivity index (χ3n) is 6.26. The molecule has 182 valence electrons. The Labute approximate surface area is 211 Å². The minimum atomic E-state index is -1.15. The number of hydrogen-bond donors (Lipinski definition) is 0. The van der Waals surface area contributed by atoms with Crippen LogP contribution in [0.1, 0.15) is 10.4 Å². The monoisotopic (exact) mass is 505 g/mol. The lowest BCUT2D eigenvalue weighted by atomic mass is 10.1. The minimum Gasteiger partial charge on any atom is -0.497 e. The van der Waals surface area contributed by atoms with Crippen LogP contribution in [0.4, 0.5) is 0 Å². The number of pyridine rings is 1. The second kappa shape index (κ2) is 9.60. The molecule has 35 heavy (non-hydrogen) atoms. The van der Waals surface area contributed by atoms with E-state index in [-0.39, 0.29) is 0 Å². The van der Waals surface area contributed by atoms with Gasteiger partial charge in [-0.1, -0.05) is 19.6 Å². The number of methoxy groups -OCH3 is 2. The first-order valence-electron chi connectivity index (χ1n) is 11.8. The van der Waals surface area contributed by atoms with E-state index in [1.807, 2.05) is 40.4 Å². The fraction of sp³-hybridized carbons (Fsp3) is 0.333. The standard InChI is InChI=1S/C27H31N3O3SSi/c1-31-20-9-6-18(7-10-20)26-22-15-24-21(14-23(34-24)19-8-11-25(32-2)28-16-19)27(22)30(29-26)17-33-12-13-35(3,4)5/h6-11,14,16H,12-13,15,17H2,1-5H3. The second-order valence-corrected chi connectivity index (χ2v) is 16.7. The van der Waals surface area contributed by atoms with Crippen LogP contribution in [0.5, 0.6) is 11.6 Å². The zero-order chi connectivity index (χ0) is 24.6. The maximum atomic E-state index is 6.13. The van der Waals surface area contributed by atoms with Crippen molar-refractivity contribution in [1.29, 1.82) is 0 Å². The highest BCUT2D eigenvalue weighted by molar-refractivity contribution is 7.16. The molecule has 0 N–H and O–H groups in total. The van der Waals surface area contributed by atoms with E-state index in [1.165, 1.54) is 26.6 Å². The van der Waals surface area contributed by atoms with Gasteiger partial charge in [0.1, 0.15) is 12.5 Å². The van der Waals surface area contributed by atoms with Crippen molar-refractivity contribution in [1.82, 2.24) is 14.8 Å². The van der Waals surface area contributed by atoms with Gasteiger partial charge in [-0.3, -0.25) is 0 Å². The van der Waals surface area contributed by atoms with Crippen LogP contribution in [0, 0.1) is 0 Å². The predicted octanol–water partition coefficient (Wildman–Crippen LogP) is 6.57. The number of nitrogens with zero attached hydrogens (tertiary/aromatic N) is 3. The molecule has 6 nitrogen and oxygen atoms in total. The van der Waals surface area contributed by atoms with E-state index in [4.69, 9.17) is 19.3 Å². The van der Waals surface area contributed by atoms with Crippen LogP contribution in [0.25, 0.3) is 33.0 Å². The van der Waals surface area contributed by atoms with Crippen molar-refractivity contribution >= 4 is 19.4 Å².